The second-order valence-corrected chi connectivity index (χ2v) is 4.49. The van der Waals surface area contributed by atoms with Gasteiger partial charge in [0.15, 0.2) is 5.96 Å². The SMILES string of the molecule is CCc1ccc(NC(N)=NCc2cccn2C)cc1. The van der Waals surface area contributed by atoms with Gasteiger partial charge in [-0.1, -0.05) is 19.1 Å². The molecule has 2 rings (SSSR count). The van der Waals surface area contributed by atoms with Crippen LogP contribution in [0.3, 0.4) is 0 Å². The molecule has 4 nitrogen and oxygen atoms in total. The van der Waals surface area contributed by atoms with Gasteiger partial charge in [0.05, 0.1) is 6.54 Å². The van der Waals surface area contributed by atoms with Crippen molar-refractivity contribution in [2.24, 2.45) is 17.8 Å². The molecule has 2 aromatic rings. The van der Waals surface area contributed by atoms with Crippen molar-refractivity contribution in [3.63, 3.8) is 0 Å². The lowest BCUT2D eigenvalue weighted by Gasteiger charge is -2.06. The molecule has 0 fully saturated rings. The van der Waals surface area contributed by atoms with Crippen molar-refractivity contribution in [1.29, 1.82) is 0 Å². The fourth-order valence-electron chi connectivity index (χ4n) is 1.84. The van der Waals surface area contributed by atoms with Gasteiger partial charge in [-0.15, -0.1) is 0 Å². The summed E-state index contributed by atoms with van der Waals surface area (Å²) in [6.45, 7) is 2.72. The van der Waals surface area contributed by atoms with Crippen molar-refractivity contribution in [3.8, 4) is 0 Å². The average molecular weight is 256 g/mol. The minimum atomic E-state index is 0.436. The van der Waals surface area contributed by atoms with Crippen molar-refractivity contribution in [3.05, 3.63) is 53.9 Å². The van der Waals surface area contributed by atoms with Crippen LogP contribution in [0.1, 0.15) is 18.2 Å². The number of anilines is 1. The number of nitrogens with zero attached hydrogens (tertiary/aromatic N) is 2. The summed E-state index contributed by atoms with van der Waals surface area (Å²) in [4.78, 5) is 4.33. The Morgan fingerprint density at radius 1 is 1.26 bits per heavy atom. The molecule has 0 bridgehead atoms. The molecule has 1 aromatic carbocycles. The summed E-state index contributed by atoms with van der Waals surface area (Å²) in [6.07, 6.45) is 3.04. The number of rotatable bonds is 4. The molecule has 0 aliphatic rings. The summed E-state index contributed by atoms with van der Waals surface area (Å²) in [5.41, 5.74) is 9.28. The van der Waals surface area contributed by atoms with E-state index in [4.69, 9.17) is 5.73 Å². The van der Waals surface area contributed by atoms with E-state index in [2.05, 4.69) is 29.4 Å². The lowest BCUT2D eigenvalue weighted by Crippen LogP contribution is -2.22. The second kappa shape index (κ2) is 6.09. The molecule has 1 heterocycles. The van der Waals surface area contributed by atoms with Crippen molar-refractivity contribution in [2.45, 2.75) is 19.9 Å². The van der Waals surface area contributed by atoms with Gasteiger partial charge < -0.3 is 15.6 Å². The predicted molar refractivity (Wildman–Crippen MR) is 80.2 cm³/mol. The van der Waals surface area contributed by atoms with Crippen LogP contribution in [0.25, 0.3) is 0 Å². The molecule has 3 N–H and O–H groups in total. The van der Waals surface area contributed by atoms with Crippen LogP contribution in [0.15, 0.2) is 47.6 Å². The van der Waals surface area contributed by atoms with E-state index in [0.717, 1.165) is 17.8 Å². The number of hydrogen-bond acceptors (Lipinski definition) is 1. The molecule has 100 valence electrons. The zero-order valence-electron chi connectivity index (χ0n) is 11.4. The minimum Gasteiger partial charge on any atom is -0.370 e. The fourth-order valence-corrected chi connectivity index (χ4v) is 1.84. The summed E-state index contributed by atoms with van der Waals surface area (Å²) in [6, 6.07) is 12.2. The number of nitrogens with one attached hydrogen (secondary N) is 1. The van der Waals surface area contributed by atoms with E-state index >= 15 is 0 Å². The first-order valence-electron chi connectivity index (χ1n) is 6.45. The van der Waals surface area contributed by atoms with Gasteiger partial charge in [0.2, 0.25) is 0 Å². The molecular weight excluding hydrogens is 236 g/mol. The monoisotopic (exact) mass is 256 g/mol. The molecule has 0 aliphatic carbocycles. The van der Waals surface area contributed by atoms with E-state index in [-0.39, 0.29) is 0 Å². The Hall–Kier alpha value is -2.23. The van der Waals surface area contributed by atoms with Crippen LogP contribution in [0.2, 0.25) is 0 Å². The number of nitrogens with two attached hydrogens (primary N) is 1. The Morgan fingerprint density at radius 3 is 2.58 bits per heavy atom. The first-order valence-corrected chi connectivity index (χ1v) is 6.45. The molecule has 0 unspecified atom stereocenters. The molecule has 0 atom stereocenters. The number of aryl methyl sites for hydroxylation is 2. The Balaban J connectivity index is 1.96. The molecule has 0 aliphatic heterocycles. The molecule has 1 aromatic heterocycles. The van der Waals surface area contributed by atoms with Gasteiger partial charge in [-0.3, -0.25) is 0 Å². The Morgan fingerprint density at radius 2 is 2.00 bits per heavy atom. The summed E-state index contributed by atoms with van der Waals surface area (Å²) in [7, 11) is 2.00. The van der Waals surface area contributed by atoms with Crippen LogP contribution in [0.4, 0.5) is 5.69 Å². The van der Waals surface area contributed by atoms with E-state index < -0.39 is 0 Å². The van der Waals surface area contributed by atoms with Gasteiger partial charge in [-0.2, -0.15) is 0 Å². The van der Waals surface area contributed by atoms with Gasteiger partial charge in [0.25, 0.3) is 0 Å². The van der Waals surface area contributed by atoms with E-state index in [1.54, 1.807) is 0 Å². The Bertz CT molecular complexity index is 552. The normalized spacial score (nSPS) is 11.6. The van der Waals surface area contributed by atoms with Crippen LogP contribution in [0.5, 0.6) is 0 Å². The van der Waals surface area contributed by atoms with Gasteiger partial charge in [0.1, 0.15) is 0 Å². The molecule has 0 spiro atoms. The molecule has 0 saturated carbocycles. The van der Waals surface area contributed by atoms with Gasteiger partial charge >= 0.3 is 0 Å². The summed E-state index contributed by atoms with van der Waals surface area (Å²) in [5.74, 6) is 0.436. The number of benzene rings is 1. The van der Waals surface area contributed by atoms with Crippen molar-refractivity contribution < 1.29 is 0 Å². The highest BCUT2D eigenvalue weighted by Gasteiger charge is 1.98. The number of aliphatic imine (C=N–C) groups is 1. The molecule has 0 amide bonds. The lowest BCUT2D eigenvalue weighted by molar-refractivity contribution is 0.824. The maximum Gasteiger partial charge on any atom is 0.193 e. The highest BCUT2D eigenvalue weighted by atomic mass is 15.1. The zero-order chi connectivity index (χ0) is 13.7. The van der Waals surface area contributed by atoms with Crippen LogP contribution in [0, 0.1) is 0 Å². The smallest absolute Gasteiger partial charge is 0.193 e. The van der Waals surface area contributed by atoms with E-state index in [1.807, 2.05) is 42.1 Å². The number of hydrogen-bond donors (Lipinski definition) is 2. The predicted octanol–water partition coefficient (Wildman–Crippen LogP) is 2.51. The Labute approximate surface area is 114 Å². The standard InChI is InChI=1S/C15H20N4/c1-3-12-6-8-13(9-7-12)18-15(16)17-11-14-5-4-10-19(14)2/h4-10H,3,11H2,1-2H3,(H3,16,17,18). The number of aromatic nitrogens is 1. The molecule has 19 heavy (non-hydrogen) atoms. The molecular formula is C15H20N4. The van der Waals surface area contributed by atoms with Gasteiger partial charge in [-0.05, 0) is 36.2 Å². The molecule has 4 heteroatoms. The summed E-state index contributed by atoms with van der Waals surface area (Å²) < 4.78 is 2.03. The zero-order valence-corrected chi connectivity index (χ0v) is 11.4. The van der Waals surface area contributed by atoms with Crippen molar-refractivity contribution in [2.75, 3.05) is 5.32 Å². The van der Waals surface area contributed by atoms with Crippen LogP contribution >= 0.6 is 0 Å². The van der Waals surface area contributed by atoms with Crippen LogP contribution < -0.4 is 11.1 Å². The van der Waals surface area contributed by atoms with Crippen molar-refractivity contribution >= 4 is 11.6 Å². The third-order valence-electron chi connectivity index (χ3n) is 3.10. The quantitative estimate of drug-likeness (QED) is 0.652. The van der Waals surface area contributed by atoms with E-state index in [0.29, 0.717) is 12.5 Å². The topological polar surface area (TPSA) is 55.3 Å². The van der Waals surface area contributed by atoms with Crippen LogP contribution in [-0.4, -0.2) is 10.5 Å². The largest absolute Gasteiger partial charge is 0.370 e. The van der Waals surface area contributed by atoms with E-state index in [1.165, 1.54) is 5.56 Å². The van der Waals surface area contributed by atoms with E-state index in [9.17, 15) is 0 Å². The first-order chi connectivity index (χ1) is 9.19. The molecule has 0 saturated heterocycles. The van der Waals surface area contributed by atoms with Crippen LogP contribution in [-0.2, 0) is 20.0 Å². The Kier molecular flexibility index (Phi) is 4.23. The van der Waals surface area contributed by atoms with Crippen molar-refractivity contribution in [1.82, 2.24) is 4.57 Å². The molecule has 0 radical (unpaired) electrons. The highest BCUT2D eigenvalue weighted by Crippen LogP contribution is 2.09. The maximum absolute atomic E-state index is 5.87. The van der Waals surface area contributed by atoms with Gasteiger partial charge in [0, 0.05) is 24.6 Å². The second-order valence-electron chi connectivity index (χ2n) is 4.49. The minimum absolute atomic E-state index is 0.436. The maximum atomic E-state index is 5.87. The number of guanidine groups is 1. The summed E-state index contributed by atoms with van der Waals surface area (Å²) in [5, 5.41) is 3.09. The average Bonchev–Trinajstić information content (AvgIpc) is 2.83. The third-order valence-corrected chi connectivity index (χ3v) is 3.10. The summed E-state index contributed by atoms with van der Waals surface area (Å²) >= 11 is 0. The van der Waals surface area contributed by atoms with Gasteiger partial charge in [-0.25, -0.2) is 4.99 Å². The fraction of sp³-hybridized carbons (Fsp3) is 0.267. The first kappa shape index (κ1) is 13.2. The highest BCUT2D eigenvalue weighted by molar-refractivity contribution is 5.92. The third kappa shape index (κ3) is 3.61. The lowest BCUT2D eigenvalue weighted by atomic mass is 10.1.